The van der Waals surface area contributed by atoms with Crippen LogP contribution in [0.4, 0.5) is 5.69 Å². The van der Waals surface area contributed by atoms with Gasteiger partial charge in [-0.3, -0.25) is 9.59 Å². The van der Waals surface area contributed by atoms with E-state index in [1.807, 2.05) is 17.9 Å². The minimum atomic E-state index is -0.302. The summed E-state index contributed by atoms with van der Waals surface area (Å²) in [7, 11) is 0. The van der Waals surface area contributed by atoms with Crippen molar-refractivity contribution in [3.05, 3.63) is 18.2 Å². The van der Waals surface area contributed by atoms with Gasteiger partial charge in [-0.15, -0.1) is 0 Å². The molecule has 3 aliphatic heterocycles. The van der Waals surface area contributed by atoms with Crippen LogP contribution in [-0.4, -0.2) is 55.9 Å². The first-order valence-corrected chi connectivity index (χ1v) is 8.22. The highest BCUT2D eigenvalue weighted by atomic mass is 16.7. The van der Waals surface area contributed by atoms with Crippen molar-refractivity contribution in [1.82, 2.24) is 4.90 Å². The van der Waals surface area contributed by atoms with E-state index in [-0.39, 0.29) is 37.0 Å². The van der Waals surface area contributed by atoms with Crippen molar-refractivity contribution < 1.29 is 23.8 Å². The van der Waals surface area contributed by atoms with Gasteiger partial charge in [0, 0.05) is 31.3 Å². The molecule has 2 fully saturated rings. The predicted molar refractivity (Wildman–Crippen MR) is 85.0 cm³/mol. The van der Waals surface area contributed by atoms with Crippen molar-refractivity contribution in [2.24, 2.45) is 5.92 Å². The van der Waals surface area contributed by atoms with Crippen LogP contribution in [0, 0.1) is 5.92 Å². The molecule has 2 atom stereocenters. The van der Waals surface area contributed by atoms with Gasteiger partial charge in [0.25, 0.3) is 0 Å². The number of anilines is 1. The molecule has 1 aromatic carbocycles. The first-order chi connectivity index (χ1) is 11.6. The maximum absolute atomic E-state index is 12.8. The summed E-state index contributed by atoms with van der Waals surface area (Å²) in [6, 6.07) is 5.48. The first-order valence-electron chi connectivity index (χ1n) is 8.22. The second kappa shape index (κ2) is 5.98. The van der Waals surface area contributed by atoms with Gasteiger partial charge in [-0.1, -0.05) is 0 Å². The fourth-order valence-electron chi connectivity index (χ4n) is 3.46. The summed E-state index contributed by atoms with van der Waals surface area (Å²) < 4.78 is 16.0. The Bertz CT molecular complexity index is 677. The van der Waals surface area contributed by atoms with E-state index >= 15 is 0 Å². The zero-order valence-corrected chi connectivity index (χ0v) is 13.6. The quantitative estimate of drug-likeness (QED) is 0.809. The van der Waals surface area contributed by atoms with Gasteiger partial charge in [-0.05, 0) is 19.1 Å². The Morgan fingerprint density at radius 3 is 2.92 bits per heavy atom. The molecule has 24 heavy (non-hydrogen) atoms. The maximum Gasteiger partial charge on any atom is 0.231 e. The number of morpholine rings is 1. The van der Waals surface area contributed by atoms with E-state index in [1.54, 1.807) is 17.0 Å². The number of ether oxygens (including phenoxy) is 3. The Morgan fingerprint density at radius 2 is 2.08 bits per heavy atom. The summed E-state index contributed by atoms with van der Waals surface area (Å²) in [4.78, 5) is 28.7. The van der Waals surface area contributed by atoms with Crippen LogP contribution in [0.3, 0.4) is 0 Å². The Morgan fingerprint density at radius 1 is 1.25 bits per heavy atom. The Balaban J connectivity index is 1.49. The molecule has 7 nitrogen and oxygen atoms in total. The number of fused-ring (bicyclic) bond motifs is 1. The molecule has 2 amide bonds. The second-order valence-corrected chi connectivity index (χ2v) is 6.40. The number of nitrogens with zero attached hydrogens (tertiary/aromatic N) is 2. The zero-order valence-electron chi connectivity index (χ0n) is 13.6. The molecule has 2 saturated heterocycles. The molecule has 0 aliphatic carbocycles. The third-order valence-corrected chi connectivity index (χ3v) is 4.79. The second-order valence-electron chi connectivity index (χ2n) is 6.40. The number of carbonyl (C=O) groups excluding carboxylic acids is 2. The summed E-state index contributed by atoms with van der Waals surface area (Å²) in [5, 5.41) is 0. The van der Waals surface area contributed by atoms with Gasteiger partial charge >= 0.3 is 0 Å². The summed E-state index contributed by atoms with van der Waals surface area (Å²) in [6.45, 7) is 4.28. The standard InChI is InChI=1S/C17H20N2O5/c1-11-9-22-5-4-18(11)17(21)12-6-16(20)19(8-12)13-2-3-14-15(7-13)24-10-23-14/h2-3,7,11-12H,4-6,8-10H2,1H3/t11-,12-/m1/s1. The lowest BCUT2D eigenvalue weighted by Gasteiger charge is -2.34. The van der Waals surface area contributed by atoms with Gasteiger partial charge in [-0.25, -0.2) is 0 Å². The molecule has 0 aromatic heterocycles. The van der Waals surface area contributed by atoms with E-state index in [4.69, 9.17) is 14.2 Å². The smallest absolute Gasteiger partial charge is 0.231 e. The van der Waals surface area contributed by atoms with Crippen molar-refractivity contribution in [1.29, 1.82) is 0 Å². The number of rotatable bonds is 2. The van der Waals surface area contributed by atoms with Crippen LogP contribution in [0.5, 0.6) is 11.5 Å². The van der Waals surface area contributed by atoms with E-state index in [1.165, 1.54) is 0 Å². The molecule has 0 spiro atoms. The Hall–Kier alpha value is -2.28. The van der Waals surface area contributed by atoms with Crippen molar-refractivity contribution in [3.63, 3.8) is 0 Å². The molecule has 3 heterocycles. The largest absolute Gasteiger partial charge is 0.454 e. The van der Waals surface area contributed by atoms with Crippen LogP contribution in [0.15, 0.2) is 18.2 Å². The zero-order chi connectivity index (χ0) is 16.7. The molecule has 1 aromatic rings. The average molecular weight is 332 g/mol. The van der Waals surface area contributed by atoms with E-state index in [0.29, 0.717) is 37.8 Å². The van der Waals surface area contributed by atoms with Crippen molar-refractivity contribution in [2.75, 3.05) is 38.0 Å². The summed E-state index contributed by atoms with van der Waals surface area (Å²) in [5.41, 5.74) is 0.745. The molecule has 0 bridgehead atoms. The number of amides is 2. The average Bonchev–Trinajstić information content (AvgIpc) is 3.20. The molecule has 4 rings (SSSR count). The molecule has 3 aliphatic rings. The van der Waals surface area contributed by atoms with E-state index < -0.39 is 0 Å². The molecule has 0 N–H and O–H groups in total. The first kappa shape index (κ1) is 15.3. The van der Waals surface area contributed by atoms with Crippen LogP contribution >= 0.6 is 0 Å². The van der Waals surface area contributed by atoms with Crippen molar-refractivity contribution >= 4 is 17.5 Å². The van der Waals surface area contributed by atoms with E-state index in [2.05, 4.69) is 0 Å². The fraction of sp³-hybridized carbons (Fsp3) is 0.529. The monoisotopic (exact) mass is 332 g/mol. The molecule has 0 saturated carbocycles. The number of hydrogen-bond acceptors (Lipinski definition) is 5. The third-order valence-electron chi connectivity index (χ3n) is 4.79. The molecule has 128 valence electrons. The van der Waals surface area contributed by atoms with Crippen LogP contribution in [-0.2, 0) is 14.3 Å². The highest BCUT2D eigenvalue weighted by Crippen LogP contribution is 2.37. The maximum atomic E-state index is 12.8. The minimum Gasteiger partial charge on any atom is -0.454 e. The lowest BCUT2D eigenvalue weighted by atomic mass is 10.1. The van der Waals surface area contributed by atoms with Crippen LogP contribution in [0.2, 0.25) is 0 Å². The Kier molecular flexibility index (Phi) is 3.80. The van der Waals surface area contributed by atoms with Gasteiger partial charge in [0.15, 0.2) is 11.5 Å². The summed E-state index contributed by atoms with van der Waals surface area (Å²) >= 11 is 0. The topological polar surface area (TPSA) is 68.3 Å². The van der Waals surface area contributed by atoms with E-state index in [0.717, 1.165) is 5.69 Å². The Labute approximate surface area is 140 Å². The summed E-state index contributed by atoms with van der Waals surface area (Å²) in [6.07, 6.45) is 0.247. The van der Waals surface area contributed by atoms with E-state index in [9.17, 15) is 9.59 Å². The van der Waals surface area contributed by atoms with Crippen LogP contribution < -0.4 is 14.4 Å². The number of carbonyl (C=O) groups is 2. The highest BCUT2D eigenvalue weighted by Gasteiger charge is 2.39. The molecule has 0 unspecified atom stereocenters. The number of benzene rings is 1. The van der Waals surface area contributed by atoms with Crippen molar-refractivity contribution in [3.8, 4) is 11.5 Å². The van der Waals surface area contributed by atoms with Crippen LogP contribution in [0.1, 0.15) is 13.3 Å². The fourth-order valence-corrected chi connectivity index (χ4v) is 3.46. The molecular weight excluding hydrogens is 312 g/mol. The molecular formula is C17H20N2O5. The lowest BCUT2D eigenvalue weighted by molar-refractivity contribution is -0.143. The SMILES string of the molecule is C[C@@H]1COCCN1C(=O)[C@@H]1CC(=O)N(c2ccc3c(c2)OCO3)C1. The highest BCUT2D eigenvalue weighted by molar-refractivity contribution is 6.00. The van der Waals surface area contributed by atoms with Gasteiger partial charge < -0.3 is 24.0 Å². The van der Waals surface area contributed by atoms with Crippen molar-refractivity contribution in [2.45, 2.75) is 19.4 Å². The lowest BCUT2D eigenvalue weighted by Crippen LogP contribution is -2.49. The van der Waals surface area contributed by atoms with Gasteiger partial charge in [-0.2, -0.15) is 0 Å². The number of hydrogen-bond donors (Lipinski definition) is 0. The minimum absolute atomic E-state index is 0.0341. The van der Waals surface area contributed by atoms with Gasteiger partial charge in [0.2, 0.25) is 18.6 Å². The predicted octanol–water partition coefficient (Wildman–Crippen LogP) is 1.02. The third kappa shape index (κ3) is 2.58. The summed E-state index contributed by atoms with van der Waals surface area (Å²) in [5.74, 6) is 1.02. The van der Waals surface area contributed by atoms with Gasteiger partial charge in [0.05, 0.1) is 25.2 Å². The van der Waals surface area contributed by atoms with Gasteiger partial charge in [0.1, 0.15) is 0 Å². The molecule has 0 radical (unpaired) electrons. The molecule has 7 heteroatoms. The normalized spacial score (nSPS) is 26.1. The van der Waals surface area contributed by atoms with Crippen LogP contribution in [0.25, 0.3) is 0 Å².